The molecule has 0 aliphatic carbocycles. The summed E-state index contributed by atoms with van der Waals surface area (Å²) >= 11 is 0. The van der Waals surface area contributed by atoms with Gasteiger partial charge in [-0.05, 0) is 38.2 Å². The van der Waals surface area contributed by atoms with E-state index >= 15 is 0 Å². The number of hydrogen-bond acceptors (Lipinski definition) is 2. The van der Waals surface area contributed by atoms with Gasteiger partial charge < -0.3 is 9.84 Å². The monoisotopic (exact) mass is 170 g/mol. The number of allylic oxidation sites excluding steroid dienone is 1. The van der Waals surface area contributed by atoms with Crippen LogP contribution in [0.2, 0.25) is 0 Å². The molecule has 0 radical (unpaired) electrons. The number of ether oxygens (including phenoxy) is 1. The van der Waals surface area contributed by atoms with Gasteiger partial charge in [-0.15, -0.1) is 0 Å². The molecule has 2 heteroatoms. The number of aliphatic hydroxyl groups is 1. The summed E-state index contributed by atoms with van der Waals surface area (Å²) in [5.41, 5.74) is 1.09. The minimum Gasteiger partial charge on any atom is -0.389 e. The van der Waals surface area contributed by atoms with E-state index in [0.29, 0.717) is 5.92 Å². The summed E-state index contributed by atoms with van der Waals surface area (Å²) < 4.78 is 5.25. The molecule has 1 rings (SSSR count). The zero-order valence-electron chi connectivity index (χ0n) is 7.92. The molecule has 1 saturated heterocycles. The summed E-state index contributed by atoms with van der Waals surface area (Å²) in [5, 5.41) is 9.25. The van der Waals surface area contributed by atoms with Crippen LogP contribution in [0.5, 0.6) is 0 Å². The first-order chi connectivity index (χ1) is 5.70. The van der Waals surface area contributed by atoms with Gasteiger partial charge in [0.05, 0.1) is 6.10 Å². The second kappa shape index (κ2) is 4.63. The zero-order chi connectivity index (χ0) is 8.97. The van der Waals surface area contributed by atoms with Gasteiger partial charge in [0, 0.05) is 13.2 Å². The molecule has 70 valence electrons. The maximum Gasteiger partial charge on any atom is 0.0719 e. The molecule has 0 amide bonds. The Morgan fingerprint density at radius 3 is 2.58 bits per heavy atom. The summed E-state index contributed by atoms with van der Waals surface area (Å²) in [6.07, 6.45) is 4.09. The van der Waals surface area contributed by atoms with Crippen molar-refractivity contribution >= 4 is 0 Å². The van der Waals surface area contributed by atoms with Gasteiger partial charge in [-0.2, -0.15) is 0 Å². The fourth-order valence-corrected chi connectivity index (χ4v) is 1.39. The van der Waals surface area contributed by atoms with Crippen LogP contribution in [-0.4, -0.2) is 24.4 Å². The SMILES string of the molecule is C/C(=C\C1CCOCC1)C(C)O. The van der Waals surface area contributed by atoms with Crippen molar-refractivity contribution in [2.45, 2.75) is 32.8 Å². The van der Waals surface area contributed by atoms with E-state index in [1.165, 1.54) is 0 Å². The molecule has 1 atom stereocenters. The summed E-state index contributed by atoms with van der Waals surface area (Å²) in [6.45, 7) is 5.54. The molecule has 1 unspecified atom stereocenters. The Balaban J connectivity index is 2.41. The van der Waals surface area contributed by atoms with E-state index in [2.05, 4.69) is 6.08 Å². The second-order valence-corrected chi connectivity index (χ2v) is 3.54. The lowest BCUT2D eigenvalue weighted by Gasteiger charge is -2.20. The van der Waals surface area contributed by atoms with E-state index in [4.69, 9.17) is 4.74 Å². The average molecular weight is 170 g/mol. The fourth-order valence-electron chi connectivity index (χ4n) is 1.39. The van der Waals surface area contributed by atoms with Crippen molar-refractivity contribution in [1.29, 1.82) is 0 Å². The van der Waals surface area contributed by atoms with Gasteiger partial charge in [0.15, 0.2) is 0 Å². The van der Waals surface area contributed by atoms with Crippen LogP contribution < -0.4 is 0 Å². The molecule has 0 saturated carbocycles. The maximum absolute atomic E-state index is 9.25. The molecule has 1 N–H and O–H groups in total. The first kappa shape index (κ1) is 9.75. The van der Waals surface area contributed by atoms with Gasteiger partial charge in [-0.25, -0.2) is 0 Å². The fraction of sp³-hybridized carbons (Fsp3) is 0.800. The molecule has 0 spiro atoms. The predicted octanol–water partition coefficient (Wildman–Crippen LogP) is 1.74. The van der Waals surface area contributed by atoms with Crippen LogP contribution in [0.25, 0.3) is 0 Å². The van der Waals surface area contributed by atoms with Gasteiger partial charge in [-0.1, -0.05) is 6.08 Å². The quantitative estimate of drug-likeness (QED) is 0.640. The molecular formula is C10H18O2. The minimum atomic E-state index is -0.298. The highest BCUT2D eigenvalue weighted by molar-refractivity contribution is 5.05. The maximum atomic E-state index is 9.25. The highest BCUT2D eigenvalue weighted by Crippen LogP contribution is 2.18. The van der Waals surface area contributed by atoms with Crippen LogP contribution in [0, 0.1) is 5.92 Å². The lowest BCUT2D eigenvalue weighted by atomic mass is 9.96. The number of aliphatic hydroxyl groups excluding tert-OH is 1. The van der Waals surface area contributed by atoms with Crippen LogP contribution in [0.4, 0.5) is 0 Å². The topological polar surface area (TPSA) is 29.5 Å². The minimum absolute atomic E-state index is 0.298. The molecule has 1 aliphatic heterocycles. The molecule has 1 aliphatic rings. The molecule has 0 aromatic carbocycles. The van der Waals surface area contributed by atoms with E-state index in [1.807, 2.05) is 13.8 Å². The third-order valence-electron chi connectivity index (χ3n) is 2.42. The van der Waals surface area contributed by atoms with E-state index in [0.717, 1.165) is 31.6 Å². The molecule has 0 aromatic heterocycles. The van der Waals surface area contributed by atoms with Crippen molar-refractivity contribution in [3.63, 3.8) is 0 Å². The standard InChI is InChI=1S/C10H18O2/c1-8(9(2)11)7-10-3-5-12-6-4-10/h7,9-11H,3-6H2,1-2H3/b8-7+. The van der Waals surface area contributed by atoms with E-state index in [-0.39, 0.29) is 6.10 Å². The van der Waals surface area contributed by atoms with E-state index in [1.54, 1.807) is 0 Å². The normalized spacial score (nSPS) is 24.1. The van der Waals surface area contributed by atoms with Gasteiger partial charge in [0.25, 0.3) is 0 Å². The van der Waals surface area contributed by atoms with E-state index in [9.17, 15) is 5.11 Å². The summed E-state index contributed by atoms with van der Waals surface area (Å²) in [4.78, 5) is 0. The Bertz CT molecular complexity index is 155. The first-order valence-corrected chi connectivity index (χ1v) is 4.64. The first-order valence-electron chi connectivity index (χ1n) is 4.64. The van der Waals surface area contributed by atoms with E-state index < -0.39 is 0 Å². The van der Waals surface area contributed by atoms with Crippen LogP contribution >= 0.6 is 0 Å². The smallest absolute Gasteiger partial charge is 0.0719 e. The van der Waals surface area contributed by atoms with Gasteiger partial charge in [-0.3, -0.25) is 0 Å². The van der Waals surface area contributed by atoms with Gasteiger partial charge >= 0.3 is 0 Å². The molecule has 1 heterocycles. The largest absolute Gasteiger partial charge is 0.389 e. The van der Waals surface area contributed by atoms with Crippen LogP contribution in [0.1, 0.15) is 26.7 Å². The van der Waals surface area contributed by atoms with Crippen molar-refractivity contribution in [2.75, 3.05) is 13.2 Å². The number of hydrogen-bond donors (Lipinski definition) is 1. The zero-order valence-corrected chi connectivity index (χ0v) is 7.92. The Kier molecular flexibility index (Phi) is 3.76. The Labute approximate surface area is 74.2 Å². The second-order valence-electron chi connectivity index (χ2n) is 3.54. The summed E-state index contributed by atoms with van der Waals surface area (Å²) in [7, 11) is 0. The van der Waals surface area contributed by atoms with Crippen molar-refractivity contribution in [1.82, 2.24) is 0 Å². The Hall–Kier alpha value is -0.340. The van der Waals surface area contributed by atoms with Crippen LogP contribution in [0.3, 0.4) is 0 Å². The Morgan fingerprint density at radius 2 is 2.08 bits per heavy atom. The molecule has 2 nitrogen and oxygen atoms in total. The third-order valence-corrected chi connectivity index (χ3v) is 2.42. The highest BCUT2D eigenvalue weighted by atomic mass is 16.5. The van der Waals surface area contributed by atoms with Gasteiger partial charge in [0.2, 0.25) is 0 Å². The summed E-state index contributed by atoms with van der Waals surface area (Å²) in [5.74, 6) is 0.619. The van der Waals surface area contributed by atoms with Crippen molar-refractivity contribution < 1.29 is 9.84 Å². The van der Waals surface area contributed by atoms with Crippen molar-refractivity contribution in [3.8, 4) is 0 Å². The lowest BCUT2D eigenvalue weighted by molar-refractivity contribution is 0.0779. The van der Waals surface area contributed by atoms with Crippen LogP contribution in [0.15, 0.2) is 11.6 Å². The van der Waals surface area contributed by atoms with Crippen molar-refractivity contribution in [3.05, 3.63) is 11.6 Å². The number of rotatable bonds is 2. The molecule has 12 heavy (non-hydrogen) atoms. The molecule has 0 bridgehead atoms. The third kappa shape index (κ3) is 2.95. The average Bonchev–Trinajstić information content (AvgIpc) is 2.06. The highest BCUT2D eigenvalue weighted by Gasteiger charge is 2.11. The summed E-state index contributed by atoms with van der Waals surface area (Å²) in [6, 6.07) is 0. The van der Waals surface area contributed by atoms with Gasteiger partial charge in [0.1, 0.15) is 0 Å². The molecule has 1 fully saturated rings. The van der Waals surface area contributed by atoms with Crippen molar-refractivity contribution in [2.24, 2.45) is 5.92 Å². The van der Waals surface area contributed by atoms with Crippen LogP contribution in [-0.2, 0) is 4.74 Å². The lowest BCUT2D eigenvalue weighted by Crippen LogP contribution is -2.15. The molecule has 0 aromatic rings. The molecular weight excluding hydrogens is 152 g/mol. The Morgan fingerprint density at radius 1 is 1.50 bits per heavy atom. The predicted molar refractivity (Wildman–Crippen MR) is 49.0 cm³/mol.